The summed E-state index contributed by atoms with van der Waals surface area (Å²) in [6, 6.07) is 0. The molecule has 0 unspecified atom stereocenters. The molecule has 74 valence electrons. The van der Waals surface area contributed by atoms with Crippen LogP contribution in [-0.2, 0) is 11.3 Å². The minimum absolute atomic E-state index is 0.111. The largest absolute Gasteiger partial charge is 0.370 e. The molecule has 0 amide bonds. The molecule has 0 aromatic carbocycles. The van der Waals surface area contributed by atoms with E-state index in [-0.39, 0.29) is 5.60 Å². The van der Waals surface area contributed by atoms with Gasteiger partial charge in [0.15, 0.2) is 5.13 Å². The molecule has 0 saturated carbocycles. The number of ether oxygens (including phenoxy) is 1. The molecule has 13 heavy (non-hydrogen) atoms. The third-order valence-corrected chi connectivity index (χ3v) is 2.23. The Morgan fingerprint density at radius 2 is 2.31 bits per heavy atom. The lowest BCUT2D eigenvalue weighted by Crippen LogP contribution is -2.18. The molecule has 0 aliphatic heterocycles. The summed E-state index contributed by atoms with van der Waals surface area (Å²) in [6.45, 7) is 6.66. The van der Waals surface area contributed by atoms with Crippen molar-refractivity contribution >= 4 is 16.5 Å². The van der Waals surface area contributed by atoms with E-state index in [0.29, 0.717) is 11.7 Å². The number of anilines is 1. The smallest absolute Gasteiger partial charge is 0.197 e. The van der Waals surface area contributed by atoms with Crippen LogP contribution in [0.15, 0.2) is 6.20 Å². The van der Waals surface area contributed by atoms with Crippen LogP contribution in [0.5, 0.6) is 0 Å². The molecule has 0 atom stereocenters. The molecular weight excluding hydrogens is 186 g/mol. The number of hydrazine groups is 1. The number of nitrogen functional groups attached to an aromatic ring is 1. The van der Waals surface area contributed by atoms with Gasteiger partial charge in [-0.05, 0) is 20.8 Å². The number of rotatable bonds is 3. The molecule has 5 heteroatoms. The van der Waals surface area contributed by atoms with E-state index in [0.717, 1.165) is 4.88 Å². The van der Waals surface area contributed by atoms with Crippen molar-refractivity contribution < 1.29 is 4.74 Å². The van der Waals surface area contributed by atoms with Gasteiger partial charge in [0.1, 0.15) is 0 Å². The second-order valence-electron chi connectivity index (χ2n) is 3.68. The molecule has 0 aliphatic rings. The highest BCUT2D eigenvalue weighted by atomic mass is 32.1. The number of nitrogens with zero attached hydrogens (tertiary/aromatic N) is 1. The van der Waals surface area contributed by atoms with E-state index in [1.54, 1.807) is 6.20 Å². The summed E-state index contributed by atoms with van der Waals surface area (Å²) in [5, 5.41) is 0.715. The fourth-order valence-electron chi connectivity index (χ4n) is 0.729. The topological polar surface area (TPSA) is 60.2 Å². The number of hydrogen-bond donors (Lipinski definition) is 2. The van der Waals surface area contributed by atoms with E-state index in [1.165, 1.54) is 11.3 Å². The lowest BCUT2D eigenvalue weighted by Gasteiger charge is -2.18. The maximum absolute atomic E-state index is 5.58. The Hall–Kier alpha value is -0.650. The fraction of sp³-hybridized carbons (Fsp3) is 0.625. The van der Waals surface area contributed by atoms with Crippen molar-refractivity contribution in [2.75, 3.05) is 5.43 Å². The van der Waals surface area contributed by atoms with E-state index in [4.69, 9.17) is 10.6 Å². The monoisotopic (exact) mass is 201 g/mol. The van der Waals surface area contributed by atoms with Crippen molar-refractivity contribution in [3.63, 3.8) is 0 Å². The van der Waals surface area contributed by atoms with E-state index in [1.807, 2.05) is 20.8 Å². The quantitative estimate of drug-likeness (QED) is 0.577. The summed E-state index contributed by atoms with van der Waals surface area (Å²) in [6.07, 6.45) is 1.77. The van der Waals surface area contributed by atoms with Crippen LogP contribution < -0.4 is 11.3 Å². The predicted octanol–water partition coefficient (Wildman–Crippen LogP) is 1.74. The molecule has 0 radical (unpaired) electrons. The summed E-state index contributed by atoms with van der Waals surface area (Å²) in [5.41, 5.74) is 2.39. The second kappa shape index (κ2) is 4.04. The zero-order chi connectivity index (χ0) is 9.90. The van der Waals surface area contributed by atoms with Crippen LogP contribution in [0.2, 0.25) is 0 Å². The van der Waals surface area contributed by atoms with Gasteiger partial charge in [-0.15, -0.1) is 0 Å². The molecule has 3 N–H and O–H groups in total. The van der Waals surface area contributed by atoms with Crippen molar-refractivity contribution in [2.45, 2.75) is 33.0 Å². The molecule has 1 aromatic rings. The summed E-state index contributed by atoms with van der Waals surface area (Å²) < 4.78 is 5.58. The van der Waals surface area contributed by atoms with Crippen LogP contribution >= 0.6 is 11.3 Å². The summed E-state index contributed by atoms with van der Waals surface area (Å²) in [4.78, 5) is 5.11. The van der Waals surface area contributed by atoms with Crippen LogP contribution in [0.4, 0.5) is 5.13 Å². The second-order valence-corrected chi connectivity index (χ2v) is 4.79. The highest BCUT2D eigenvalue weighted by molar-refractivity contribution is 7.15. The molecule has 1 heterocycles. The highest BCUT2D eigenvalue weighted by Crippen LogP contribution is 2.19. The van der Waals surface area contributed by atoms with Crippen molar-refractivity contribution in [2.24, 2.45) is 5.84 Å². The van der Waals surface area contributed by atoms with Crippen molar-refractivity contribution in [1.29, 1.82) is 0 Å². The van der Waals surface area contributed by atoms with Gasteiger partial charge in [-0.3, -0.25) is 5.43 Å². The third-order valence-electron chi connectivity index (χ3n) is 1.32. The van der Waals surface area contributed by atoms with E-state index < -0.39 is 0 Å². The Kier molecular flexibility index (Phi) is 3.24. The Bertz CT molecular complexity index is 267. The van der Waals surface area contributed by atoms with Gasteiger partial charge in [-0.2, -0.15) is 0 Å². The maximum Gasteiger partial charge on any atom is 0.197 e. The lowest BCUT2D eigenvalue weighted by molar-refractivity contribution is -0.0137. The predicted molar refractivity (Wildman–Crippen MR) is 54.5 cm³/mol. The lowest BCUT2D eigenvalue weighted by atomic mass is 10.2. The third kappa shape index (κ3) is 3.71. The van der Waals surface area contributed by atoms with E-state index in [2.05, 4.69) is 10.4 Å². The molecule has 0 bridgehead atoms. The summed E-state index contributed by atoms with van der Waals surface area (Å²) in [5.74, 6) is 5.20. The fourth-order valence-corrected chi connectivity index (χ4v) is 1.36. The zero-order valence-electron chi connectivity index (χ0n) is 8.13. The molecule has 0 spiro atoms. The van der Waals surface area contributed by atoms with Crippen LogP contribution in [0, 0.1) is 0 Å². The minimum Gasteiger partial charge on any atom is -0.370 e. The summed E-state index contributed by atoms with van der Waals surface area (Å²) >= 11 is 1.50. The van der Waals surface area contributed by atoms with Gasteiger partial charge in [0.05, 0.1) is 17.1 Å². The molecule has 0 aliphatic carbocycles. The van der Waals surface area contributed by atoms with Crippen LogP contribution in [0.3, 0.4) is 0 Å². The number of nitrogens with two attached hydrogens (primary N) is 1. The van der Waals surface area contributed by atoms with E-state index >= 15 is 0 Å². The number of nitrogens with one attached hydrogen (secondary N) is 1. The van der Waals surface area contributed by atoms with Gasteiger partial charge < -0.3 is 4.74 Å². The van der Waals surface area contributed by atoms with Gasteiger partial charge in [0.25, 0.3) is 0 Å². The zero-order valence-corrected chi connectivity index (χ0v) is 8.94. The normalized spacial score (nSPS) is 11.7. The van der Waals surface area contributed by atoms with Crippen molar-refractivity contribution in [1.82, 2.24) is 4.98 Å². The minimum atomic E-state index is -0.111. The Balaban J connectivity index is 2.46. The molecule has 1 aromatic heterocycles. The number of aromatic nitrogens is 1. The van der Waals surface area contributed by atoms with Gasteiger partial charge in [-0.25, -0.2) is 10.8 Å². The molecule has 0 saturated heterocycles. The van der Waals surface area contributed by atoms with Crippen LogP contribution in [0.25, 0.3) is 0 Å². The molecule has 0 fully saturated rings. The Labute approximate surface area is 82.1 Å². The van der Waals surface area contributed by atoms with Gasteiger partial charge in [-0.1, -0.05) is 11.3 Å². The number of thiazole rings is 1. The highest BCUT2D eigenvalue weighted by Gasteiger charge is 2.11. The first-order chi connectivity index (χ1) is 6.01. The Morgan fingerprint density at radius 3 is 2.77 bits per heavy atom. The van der Waals surface area contributed by atoms with Crippen LogP contribution in [0.1, 0.15) is 25.6 Å². The van der Waals surface area contributed by atoms with Crippen LogP contribution in [-0.4, -0.2) is 10.6 Å². The Morgan fingerprint density at radius 1 is 1.62 bits per heavy atom. The van der Waals surface area contributed by atoms with Crippen molar-refractivity contribution in [3.05, 3.63) is 11.1 Å². The first-order valence-electron chi connectivity index (χ1n) is 4.06. The standard InChI is InChI=1S/C8H15N3OS/c1-8(2,3)12-5-6-4-10-7(11-9)13-6/h4H,5,9H2,1-3H3,(H,10,11). The van der Waals surface area contributed by atoms with Gasteiger partial charge in [0.2, 0.25) is 0 Å². The SMILES string of the molecule is CC(C)(C)OCc1cnc(NN)s1. The molecule has 1 rings (SSSR count). The maximum atomic E-state index is 5.58. The first-order valence-corrected chi connectivity index (χ1v) is 4.88. The first kappa shape index (κ1) is 10.4. The van der Waals surface area contributed by atoms with Gasteiger partial charge in [0, 0.05) is 6.20 Å². The molecular formula is C8H15N3OS. The van der Waals surface area contributed by atoms with Gasteiger partial charge >= 0.3 is 0 Å². The average Bonchev–Trinajstić information content (AvgIpc) is 2.47. The average molecular weight is 201 g/mol. The molecule has 4 nitrogen and oxygen atoms in total. The number of hydrogen-bond acceptors (Lipinski definition) is 5. The summed E-state index contributed by atoms with van der Waals surface area (Å²) in [7, 11) is 0. The van der Waals surface area contributed by atoms with Crippen molar-refractivity contribution in [3.8, 4) is 0 Å². The van der Waals surface area contributed by atoms with E-state index in [9.17, 15) is 0 Å².